The van der Waals surface area contributed by atoms with Gasteiger partial charge in [0.2, 0.25) is 5.91 Å². The Hall–Kier alpha value is -3.08. The van der Waals surface area contributed by atoms with Crippen LogP contribution in [0, 0.1) is 5.41 Å². The van der Waals surface area contributed by atoms with Crippen molar-refractivity contribution in [1.29, 1.82) is 0 Å². The summed E-state index contributed by atoms with van der Waals surface area (Å²) in [6.45, 7) is 16.8. The second kappa shape index (κ2) is 9.28. The zero-order valence-corrected chi connectivity index (χ0v) is 21.0. The number of carbonyl (C=O) groups excluding carboxylic acids is 3. The average Bonchev–Trinajstić information content (AvgIpc) is 3.16. The van der Waals surface area contributed by atoms with Crippen molar-refractivity contribution in [2.45, 2.75) is 59.4 Å². The fraction of sp³-hybridized carbons (Fsp3) is 0.652. The number of piperazine rings is 1. The highest BCUT2D eigenvalue weighted by atomic mass is 16.6. The fourth-order valence-electron chi connectivity index (χ4n) is 4.09. The van der Waals surface area contributed by atoms with Gasteiger partial charge in [0, 0.05) is 31.6 Å². The molecule has 2 N–H and O–H groups in total. The van der Waals surface area contributed by atoms with E-state index in [1.165, 1.54) is 20.5 Å². The number of amides is 3. The van der Waals surface area contributed by atoms with Gasteiger partial charge in [-0.1, -0.05) is 27.4 Å². The molecule has 0 radical (unpaired) electrons. The average molecular weight is 478 g/mol. The second-order valence-corrected chi connectivity index (χ2v) is 10.8. The summed E-state index contributed by atoms with van der Waals surface area (Å²) < 4.78 is 14.3. The van der Waals surface area contributed by atoms with Gasteiger partial charge in [0.15, 0.2) is 6.20 Å². The Bertz CT molecular complexity index is 952. The van der Waals surface area contributed by atoms with Crippen LogP contribution in [0.3, 0.4) is 0 Å². The minimum atomic E-state index is -0.907. The Morgan fingerprint density at radius 1 is 1.09 bits per heavy atom. The minimum Gasteiger partial charge on any atom is -0.444 e. The lowest BCUT2D eigenvalue weighted by Gasteiger charge is -2.48. The zero-order valence-electron chi connectivity index (χ0n) is 21.0. The van der Waals surface area contributed by atoms with E-state index in [2.05, 4.69) is 6.58 Å². The molecular weight excluding hydrogens is 440 g/mol. The molecule has 2 aliphatic heterocycles. The summed E-state index contributed by atoms with van der Waals surface area (Å²) in [6.07, 6.45) is 3.35. The molecule has 0 bridgehead atoms. The van der Waals surface area contributed by atoms with Crippen LogP contribution in [0.2, 0.25) is 0 Å². The van der Waals surface area contributed by atoms with Gasteiger partial charge in [-0.3, -0.25) is 15.5 Å². The fourth-order valence-corrected chi connectivity index (χ4v) is 4.09. The molecule has 1 aromatic rings. The Morgan fingerprint density at radius 3 is 2.18 bits per heavy atom. The van der Waals surface area contributed by atoms with Gasteiger partial charge in [0.05, 0.1) is 6.61 Å². The summed E-state index contributed by atoms with van der Waals surface area (Å²) >= 11 is 0. The maximum absolute atomic E-state index is 13.7. The third-order valence-corrected chi connectivity index (χ3v) is 5.66. The van der Waals surface area contributed by atoms with Gasteiger partial charge in [-0.05, 0) is 26.3 Å². The summed E-state index contributed by atoms with van der Waals surface area (Å²) in [7, 11) is 0. The summed E-state index contributed by atoms with van der Waals surface area (Å²) in [6, 6.07) is -1.12. The third kappa shape index (κ3) is 5.52. The molecule has 2 aliphatic rings. The molecule has 3 rings (SSSR count). The molecule has 11 nitrogen and oxygen atoms in total. The van der Waals surface area contributed by atoms with Crippen molar-refractivity contribution >= 4 is 18.0 Å². The molecule has 0 spiro atoms. The number of ether oxygens (including phenoxy) is 2. The SMILES string of the molecule is C=C1COC(C(C)(C)C)N(C(=O)OC(C)(C)C)C1C(=O)N1CCN(C(=O)n2cc[n+](N)c2)CC1. The van der Waals surface area contributed by atoms with Crippen LogP contribution in [0.4, 0.5) is 9.59 Å². The molecule has 3 heterocycles. The lowest BCUT2D eigenvalue weighted by Crippen LogP contribution is -2.64. The van der Waals surface area contributed by atoms with Crippen molar-refractivity contribution in [3.63, 3.8) is 0 Å². The maximum Gasteiger partial charge on any atom is 0.415 e. The van der Waals surface area contributed by atoms with E-state index in [-0.39, 0.29) is 18.5 Å². The molecule has 0 aromatic carbocycles. The Kier molecular flexibility index (Phi) is 6.97. The van der Waals surface area contributed by atoms with E-state index in [4.69, 9.17) is 15.3 Å². The topological polar surface area (TPSA) is 114 Å². The lowest BCUT2D eigenvalue weighted by molar-refractivity contribution is -0.637. The smallest absolute Gasteiger partial charge is 0.415 e. The van der Waals surface area contributed by atoms with E-state index in [9.17, 15) is 14.4 Å². The first-order valence-electron chi connectivity index (χ1n) is 11.4. The van der Waals surface area contributed by atoms with Crippen LogP contribution in [0.1, 0.15) is 41.5 Å². The number of hydrogen-bond acceptors (Lipinski definition) is 6. The lowest BCUT2D eigenvalue weighted by atomic mass is 9.89. The van der Waals surface area contributed by atoms with E-state index in [0.717, 1.165) is 0 Å². The minimum absolute atomic E-state index is 0.169. The van der Waals surface area contributed by atoms with Gasteiger partial charge in [0.25, 0.3) is 6.33 Å². The van der Waals surface area contributed by atoms with Crippen molar-refractivity contribution < 1.29 is 28.5 Å². The van der Waals surface area contributed by atoms with Crippen molar-refractivity contribution in [3.05, 3.63) is 30.9 Å². The van der Waals surface area contributed by atoms with Gasteiger partial charge in [0.1, 0.15) is 24.1 Å². The number of nitrogens with two attached hydrogens (primary N) is 1. The predicted octanol–water partition coefficient (Wildman–Crippen LogP) is 1.17. The molecule has 2 atom stereocenters. The van der Waals surface area contributed by atoms with Crippen LogP contribution in [0.5, 0.6) is 0 Å². The van der Waals surface area contributed by atoms with Gasteiger partial charge in [-0.15, -0.1) is 9.24 Å². The van der Waals surface area contributed by atoms with Crippen LogP contribution in [0.15, 0.2) is 30.9 Å². The normalized spacial score (nSPS) is 22.1. The highest BCUT2D eigenvalue weighted by molar-refractivity contribution is 5.89. The predicted molar refractivity (Wildman–Crippen MR) is 124 cm³/mol. The van der Waals surface area contributed by atoms with Crippen molar-refractivity contribution in [1.82, 2.24) is 19.3 Å². The first-order chi connectivity index (χ1) is 15.7. The molecule has 3 amide bonds. The van der Waals surface area contributed by atoms with E-state index < -0.39 is 29.4 Å². The molecule has 0 aliphatic carbocycles. The highest BCUT2D eigenvalue weighted by Crippen LogP contribution is 2.34. The number of carbonyl (C=O) groups is 3. The van der Waals surface area contributed by atoms with Crippen molar-refractivity contribution in [2.75, 3.05) is 38.6 Å². The first kappa shape index (κ1) is 25.5. The molecule has 1 aromatic heterocycles. The first-order valence-corrected chi connectivity index (χ1v) is 11.4. The molecule has 2 saturated heterocycles. The number of imidazole rings is 1. The molecule has 2 unspecified atom stereocenters. The molecule has 188 valence electrons. The van der Waals surface area contributed by atoms with Crippen LogP contribution in [-0.2, 0) is 14.3 Å². The molecule has 11 heteroatoms. The summed E-state index contributed by atoms with van der Waals surface area (Å²) in [4.78, 5) is 44.4. The second-order valence-electron chi connectivity index (χ2n) is 10.8. The number of aromatic nitrogens is 2. The Morgan fingerprint density at radius 2 is 1.68 bits per heavy atom. The zero-order chi connectivity index (χ0) is 25.4. The Balaban J connectivity index is 1.78. The number of hydrogen-bond donors (Lipinski definition) is 1. The van der Waals surface area contributed by atoms with Gasteiger partial charge < -0.3 is 19.3 Å². The number of nitrogen functional groups attached to an aromatic ring is 1. The molecule has 2 fully saturated rings. The number of nitrogens with zero attached hydrogens (tertiary/aromatic N) is 5. The Labute approximate surface area is 200 Å². The summed E-state index contributed by atoms with van der Waals surface area (Å²) in [5.74, 6) is 5.38. The summed E-state index contributed by atoms with van der Waals surface area (Å²) in [5, 5.41) is 0. The summed E-state index contributed by atoms with van der Waals surface area (Å²) in [5.41, 5.74) is -0.703. The van der Waals surface area contributed by atoms with Crippen LogP contribution in [0.25, 0.3) is 0 Å². The van der Waals surface area contributed by atoms with E-state index in [1.54, 1.807) is 43.0 Å². The number of rotatable bonds is 1. The monoisotopic (exact) mass is 477 g/mol. The van der Waals surface area contributed by atoms with Crippen LogP contribution < -0.4 is 10.5 Å². The van der Waals surface area contributed by atoms with Crippen molar-refractivity contribution in [3.8, 4) is 0 Å². The quantitative estimate of drug-likeness (QED) is 0.369. The van der Waals surface area contributed by atoms with E-state index >= 15 is 0 Å². The molecule has 34 heavy (non-hydrogen) atoms. The van der Waals surface area contributed by atoms with Gasteiger partial charge in [-0.2, -0.15) is 0 Å². The maximum atomic E-state index is 13.7. The van der Waals surface area contributed by atoms with Crippen LogP contribution >= 0.6 is 0 Å². The highest BCUT2D eigenvalue weighted by Gasteiger charge is 2.48. The van der Waals surface area contributed by atoms with Crippen molar-refractivity contribution in [2.24, 2.45) is 5.41 Å². The molecule has 0 saturated carbocycles. The van der Waals surface area contributed by atoms with Gasteiger partial charge >= 0.3 is 12.1 Å². The standard InChI is InChI=1S/C23H37N6O5/c1-16-14-33-19(22(2,3)4)29(21(32)34-23(5,6)7)17(16)18(30)25-8-10-26(11-9-25)20(31)27-12-13-28(24)15-27/h12-13,15,17,19H,1,8-11,14,24H2,2-7H3/q+1. The largest absolute Gasteiger partial charge is 0.444 e. The molecular formula is C23H37N6O5+. The van der Waals surface area contributed by atoms with Gasteiger partial charge in [-0.25, -0.2) is 9.59 Å². The van der Waals surface area contributed by atoms with Crippen LogP contribution in [-0.4, -0.2) is 88.0 Å². The van der Waals surface area contributed by atoms with E-state index in [1.807, 2.05) is 20.8 Å². The van der Waals surface area contributed by atoms with E-state index in [0.29, 0.717) is 31.8 Å². The third-order valence-electron chi connectivity index (χ3n) is 5.66.